The van der Waals surface area contributed by atoms with E-state index in [1.54, 1.807) is 61.5 Å². The van der Waals surface area contributed by atoms with Crippen LogP contribution in [0.4, 0.5) is 0 Å². The molecule has 5 amide bonds. The number of nitrogens with one attached hydrogen (secondary N) is 4. The maximum Gasteiger partial charge on any atom is 0.251 e. The first-order valence-electron chi connectivity index (χ1n) is 19.3. The number of carbonyl (C=O) groups excluding carboxylic acids is 5. The molecule has 1 heterocycles. The zero-order valence-electron chi connectivity index (χ0n) is 33.7. The van der Waals surface area contributed by atoms with Gasteiger partial charge >= 0.3 is 0 Å². The quantitative estimate of drug-likeness (QED) is 0.0898. The first-order chi connectivity index (χ1) is 28.9. The standard InChI is InChI=1S/C45H48N8O7/c1-28-23-31(10-9-30-7-5-4-6-8-30)11-14-34(28)43(56)50-27-40(54)53(3)41-33-13-16-39(60-22-19-48)36(26-33)35-24-32(12-15-38(35)59-21-18-47)25-37(44(57)49-20-17-46)52-42(55)29(2)51-45(41)58/h4-8,11-16,23-24,26,29,37,41H,18-22,25,27,47-48H2,1-3H3,(H,49,57)(H,50,56)(H,51,58)(H,52,55). The molecule has 1 aliphatic rings. The van der Waals surface area contributed by atoms with Crippen LogP contribution in [0.3, 0.4) is 0 Å². The summed E-state index contributed by atoms with van der Waals surface area (Å²) in [5.74, 6) is 3.87. The third-order valence-corrected chi connectivity index (χ3v) is 9.60. The smallest absolute Gasteiger partial charge is 0.251 e. The van der Waals surface area contributed by atoms with Crippen molar-refractivity contribution in [3.8, 4) is 40.5 Å². The van der Waals surface area contributed by atoms with E-state index in [9.17, 15) is 24.0 Å². The van der Waals surface area contributed by atoms with E-state index in [1.807, 2.05) is 36.4 Å². The molecule has 4 aromatic rings. The summed E-state index contributed by atoms with van der Waals surface area (Å²) in [4.78, 5) is 69.6. The molecule has 5 rings (SSSR count). The second-order valence-electron chi connectivity index (χ2n) is 14.0. The van der Waals surface area contributed by atoms with Crippen molar-refractivity contribution in [1.29, 1.82) is 5.26 Å². The first kappa shape index (κ1) is 43.9. The minimum atomic E-state index is -1.33. The average molecular weight is 813 g/mol. The largest absolute Gasteiger partial charge is 0.492 e. The average Bonchev–Trinajstić information content (AvgIpc) is 3.25. The van der Waals surface area contributed by atoms with Gasteiger partial charge in [0.25, 0.3) is 5.91 Å². The molecule has 60 heavy (non-hydrogen) atoms. The van der Waals surface area contributed by atoms with Crippen LogP contribution in [-0.2, 0) is 25.6 Å². The lowest BCUT2D eigenvalue weighted by Gasteiger charge is -2.30. The molecule has 0 radical (unpaired) electrons. The third kappa shape index (κ3) is 11.3. The van der Waals surface area contributed by atoms with Crippen molar-refractivity contribution < 1.29 is 33.4 Å². The van der Waals surface area contributed by atoms with Gasteiger partial charge in [0.05, 0.1) is 12.6 Å². The second kappa shape index (κ2) is 21.0. The number of hydrogen-bond acceptors (Lipinski definition) is 10. The van der Waals surface area contributed by atoms with E-state index in [1.165, 1.54) is 18.9 Å². The van der Waals surface area contributed by atoms with Gasteiger partial charge in [-0.15, -0.1) is 0 Å². The van der Waals surface area contributed by atoms with Crippen LogP contribution >= 0.6 is 0 Å². The van der Waals surface area contributed by atoms with Gasteiger partial charge in [-0.2, -0.15) is 5.26 Å². The molecule has 4 bridgehead atoms. The van der Waals surface area contributed by atoms with E-state index in [-0.39, 0.29) is 39.3 Å². The molecule has 310 valence electrons. The van der Waals surface area contributed by atoms with Crippen molar-refractivity contribution in [2.24, 2.45) is 11.5 Å². The zero-order chi connectivity index (χ0) is 43.2. The fraction of sp³-hybridized carbons (Fsp3) is 0.289. The summed E-state index contributed by atoms with van der Waals surface area (Å²) in [6.45, 7) is 3.20. The number of hydrogen-bond donors (Lipinski definition) is 6. The Bertz CT molecular complexity index is 2330. The molecule has 0 spiro atoms. The lowest BCUT2D eigenvalue weighted by Crippen LogP contribution is -2.55. The first-order valence-corrected chi connectivity index (χ1v) is 19.3. The van der Waals surface area contributed by atoms with Crippen molar-refractivity contribution >= 4 is 29.5 Å². The number of carbonyl (C=O) groups is 5. The topological polar surface area (TPSA) is 231 Å². The van der Waals surface area contributed by atoms with Gasteiger partial charge in [-0.25, -0.2) is 0 Å². The van der Waals surface area contributed by atoms with Crippen molar-refractivity contribution in [2.75, 3.05) is 46.4 Å². The maximum absolute atomic E-state index is 14.3. The van der Waals surface area contributed by atoms with Gasteiger partial charge in [-0.1, -0.05) is 42.2 Å². The van der Waals surface area contributed by atoms with Crippen LogP contribution in [0.15, 0.2) is 84.9 Å². The number of nitriles is 1. The Morgan fingerprint density at radius 2 is 1.50 bits per heavy atom. The molecule has 0 aromatic heterocycles. The van der Waals surface area contributed by atoms with Crippen LogP contribution in [0.1, 0.15) is 51.1 Å². The number of fused-ring (bicyclic) bond motifs is 5. The molecule has 15 heteroatoms. The van der Waals surface area contributed by atoms with Crippen LogP contribution in [-0.4, -0.2) is 93.0 Å². The summed E-state index contributed by atoms with van der Waals surface area (Å²) in [5.41, 5.74) is 16.1. The predicted molar refractivity (Wildman–Crippen MR) is 224 cm³/mol. The summed E-state index contributed by atoms with van der Waals surface area (Å²) in [7, 11) is 1.42. The molecule has 8 N–H and O–H groups in total. The SMILES string of the molecule is Cc1cc(C#Cc2ccccc2)ccc1C(=O)NCC(=O)N(C)C1C(=O)NC(C)C(=O)NC(C(=O)NCC#N)Cc2ccc(OCCN)c(c2)-c2cc1ccc2OCCN. The summed E-state index contributed by atoms with van der Waals surface area (Å²) < 4.78 is 12.1. The lowest BCUT2D eigenvalue weighted by molar-refractivity contribution is -0.139. The molecule has 0 fully saturated rings. The molecule has 15 nitrogen and oxygen atoms in total. The van der Waals surface area contributed by atoms with Crippen molar-refractivity contribution in [2.45, 2.75) is 38.4 Å². The zero-order valence-corrected chi connectivity index (χ0v) is 33.7. The number of amides is 5. The van der Waals surface area contributed by atoms with Gasteiger partial charge in [-0.05, 0) is 85.1 Å². The molecule has 0 saturated carbocycles. The fourth-order valence-electron chi connectivity index (χ4n) is 6.51. The van der Waals surface area contributed by atoms with E-state index >= 15 is 0 Å². The van der Waals surface area contributed by atoms with E-state index in [4.69, 9.17) is 26.2 Å². The number of rotatable bonds is 12. The van der Waals surface area contributed by atoms with E-state index in [0.717, 1.165) is 5.56 Å². The summed E-state index contributed by atoms with van der Waals surface area (Å²) in [6, 6.07) is 23.1. The minimum Gasteiger partial charge on any atom is -0.492 e. The predicted octanol–water partition coefficient (Wildman–Crippen LogP) is 1.85. The van der Waals surface area contributed by atoms with Crippen LogP contribution in [0.25, 0.3) is 11.1 Å². The van der Waals surface area contributed by atoms with E-state index in [0.29, 0.717) is 50.4 Å². The Morgan fingerprint density at radius 1 is 0.833 bits per heavy atom. The number of aryl methyl sites for hydroxylation is 1. The number of likely N-dealkylation sites (N-methyl/N-ethyl adjacent to an activating group) is 1. The molecule has 0 saturated heterocycles. The molecule has 0 aliphatic carbocycles. The Kier molecular flexibility index (Phi) is 15.4. The Hall–Kier alpha value is -7.20. The highest BCUT2D eigenvalue weighted by Crippen LogP contribution is 2.40. The maximum atomic E-state index is 14.3. The highest BCUT2D eigenvalue weighted by atomic mass is 16.5. The van der Waals surface area contributed by atoms with E-state index < -0.39 is 54.2 Å². The van der Waals surface area contributed by atoms with Gasteiger partial charge in [0.2, 0.25) is 23.6 Å². The van der Waals surface area contributed by atoms with Gasteiger partial charge < -0.3 is 47.1 Å². The van der Waals surface area contributed by atoms with Crippen LogP contribution in [0, 0.1) is 30.1 Å². The number of nitrogens with two attached hydrogens (primary N) is 2. The monoisotopic (exact) mass is 812 g/mol. The second-order valence-corrected chi connectivity index (χ2v) is 14.0. The van der Waals surface area contributed by atoms with E-state index in [2.05, 4.69) is 33.1 Å². The summed E-state index contributed by atoms with van der Waals surface area (Å²) in [6.07, 6.45) is 0.0180. The molecule has 1 aliphatic heterocycles. The Morgan fingerprint density at radius 3 is 2.17 bits per heavy atom. The summed E-state index contributed by atoms with van der Waals surface area (Å²) >= 11 is 0. The highest BCUT2D eigenvalue weighted by Gasteiger charge is 2.33. The highest BCUT2D eigenvalue weighted by molar-refractivity contribution is 5.99. The Labute approximate surface area is 348 Å². The van der Waals surface area contributed by atoms with Gasteiger partial charge in [-0.3, -0.25) is 24.0 Å². The molecule has 3 atom stereocenters. The number of nitrogens with zero attached hydrogens (tertiary/aromatic N) is 2. The van der Waals surface area contributed by atoms with Gasteiger partial charge in [0, 0.05) is 54.4 Å². The third-order valence-electron chi connectivity index (χ3n) is 9.60. The number of benzene rings is 4. The molecular formula is C45H48N8O7. The van der Waals surface area contributed by atoms with Gasteiger partial charge in [0.15, 0.2) is 0 Å². The van der Waals surface area contributed by atoms with Crippen molar-refractivity contribution in [1.82, 2.24) is 26.2 Å². The van der Waals surface area contributed by atoms with Crippen molar-refractivity contribution in [3.05, 3.63) is 118 Å². The minimum absolute atomic E-state index is 0.0180. The molecule has 3 unspecified atom stereocenters. The normalized spacial score (nSPS) is 16.0. The lowest BCUT2D eigenvalue weighted by atomic mass is 9.93. The Balaban J connectivity index is 1.50. The van der Waals surface area contributed by atoms with Crippen LogP contribution in [0.5, 0.6) is 11.5 Å². The summed E-state index contributed by atoms with van der Waals surface area (Å²) in [5, 5.41) is 19.7. The van der Waals surface area contributed by atoms with Gasteiger partial charge in [0.1, 0.15) is 49.4 Å². The molecular weight excluding hydrogens is 765 g/mol. The molecule has 4 aromatic carbocycles. The number of ether oxygens (including phenoxy) is 2. The van der Waals surface area contributed by atoms with Crippen LogP contribution in [0.2, 0.25) is 0 Å². The fourth-order valence-corrected chi connectivity index (χ4v) is 6.51. The van der Waals surface area contributed by atoms with Crippen molar-refractivity contribution in [3.63, 3.8) is 0 Å². The van der Waals surface area contributed by atoms with Crippen LogP contribution < -0.4 is 42.2 Å².